The third kappa shape index (κ3) is 1.82. The van der Waals surface area contributed by atoms with Crippen LogP contribution in [0.15, 0.2) is 24.3 Å². The molecule has 1 aromatic carbocycles. The largest absolute Gasteiger partial charge is 0.277 e. The maximum absolute atomic E-state index is 10.9. The first-order valence-corrected chi connectivity index (χ1v) is 3.68. The third-order valence-corrected chi connectivity index (χ3v) is 1.59. The van der Waals surface area contributed by atoms with Gasteiger partial charge in [-0.15, -0.1) is 0 Å². The van der Waals surface area contributed by atoms with Gasteiger partial charge in [0.15, 0.2) is 0 Å². The minimum atomic E-state index is -0.724. The number of rotatable bonds is 2. The molecule has 0 aromatic heterocycles. The fraction of sp³-hybridized carbons (Fsp3) is 0. The number of nitriles is 2. The molecule has 0 spiro atoms. The Kier molecular flexibility index (Phi) is 2.73. The molecule has 0 aliphatic carbocycles. The Labute approximate surface area is 80.0 Å². The average Bonchev–Trinajstić information content (AvgIpc) is 2.27. The zero-order valence-electron chi connectivity index (χ0n) is 7.02. The molecular weight excluding hydrogens is 180 g/mol. The molecular formula is C10H4N2O2. The van der Waals surface area contributed by atoms with E-state index in [9.17, 15) is 9.59 Å². The zero-order valence-corrected chi connectivity index (χ0v) is 7.02. The first-order chi connectivity index (χ1) is 6.69. The van der Waals surface area contributed by atoms with Gasteiger partial charge in [0.1, 0.15) is 12.1 Å². The Balaban J connectivity index is 3.16. The van der Waals surface area contributed by atoms with Crippen molar-refractivity contribution in [2.24, 2.45) is 0 Å². The zero-order chi connectivity index (χ0) is 10.6. The summed E-state index contributed by atoms with van der Waals surface area (Å²) < 4.78 is 0. The van der Waals surface area contributed by atoms with E-state index in [1.54, 1.807) is 0 Å². The molecule has 0 bridgehead atoms. The second-order valence-electron chi connectivity index (χ2n) is 2.46. The molecule has 1 aromatic rings. The highest BCUT2D eigenvalue weighted by Gasteiger charge is 2.08. The van der Waals surface area contributed by atoms with Gasteiger partial charge >= 0.3 is 0 Å². The molecule has 0 amide bonds. The molecule has 0 aliphatic rings. The number of ketones is 2. The number of hydrogen-bond acceptors (Lipinski definition) is 4. The van der Waals surface area contributed by atoms with E-state index in [4.69, 9.17) is 10.5 Å². The lowest BCUT2D eigenvalue weighted by Gasteiger charge is -1.95. The van der Waals surface area contributed by atoms with Gasteiger partial charge in [0.05, 0.1) is 0 Å². The van der Waals surface area contributed by atoms with Crippen LogP contribution in [0.2, 0.25) is 0 Å². The van der Waals surface area contributed by atoms with Crippen LogP contribution >= 0.6 is 0 Å². The predicted octanol–water partition coefficient (Wildman–Crippen LogP) is 1.10. The molecule has 0 heterocycles. The number of hydrogen-bond donors (Lipinski definition) is 0. The van der Waals surface area contributed by atoms with Gasteiger partial charge in [-0.3, -0.25) is 9.59 Å². The van der Waals surface area contributed by atoms with Gasteiger partial charge in [0, 0.05) is 11.1 Å². The molecule has 0 fully saturated rings. The Bertz CT molecular complexity index is 436. The van der Waals surface area contributed by atoms with Gasteiger partial charge in [-0.25, -0.2) is 0 Å². The minimum Gasteiger partial charge on any atom is -0.277 e. The van der Waals surface area contributed by atoms with Crippen LogP contribution in [-0.4, -0.2) is 11.6 Å². The predicted molar refractivity (Wildman–Crippen MR) is 46.3 cm³/mol. The summed E-state index contributed by atoms with van der Waals surface area (Å²) in [5, 5.41) is 16.7. The summed E-state index contributed by atoms with van der Waals surface area (Å²) in [6.07, 6.45) is 0. The van der Waals surface area contributed by atoms with Gasteiger partial charge in [0.25, 0.3) is 11.6 Å². The second-order valence-corrected chi connectivity index (χ2v) is 2.46. The van der Waals surface area contributed by atoms with E-state index in [0.717, 1.165) is 0 Å². The van der Waals surface area contributed by atoms with E-state index in [2.05, 4.69) is 0 Å². The van der Waals surface area contributed by atoms with Crippen molar-refractivity contribution in [3.63, 3.8) is 0 Å². The van der Waals surface area contributed by atoms with Gasteiger partial charge in [-0.05, 0) is 6.07 Å². The number of nitrogens with zero attached hydrogens (tertiary/aromatic N) is 2. The van der Waals surface area contributed by atoms with Crippen LogP contribution in [0, 0.1) is 22.7 Å². The quantitative estimate of drug-likeness (QED) is 0.509. The maximum Gasteiger partial charge on any atom is 0.262 e. The van der Waals surface area contributed by atoms with Crippen molar-refractivity contribution in [2.75, 3.05) is 0 Å². The SMILES string of the molecule is N#CC(=O)c1cccc(C(=O)C#N)c1. The fourth-order valence-corrected chi connectivity index (χ4v) is 0.931. The standard InChI is InChI=1S/C10H4N2O2/c11-5-9(13)7-2-1-3-8(4-7)10(14)6-12/h1-4H. The van der Waals surface area contributed by atoms with Gasteiger partial charge in [0.2, 0.25) is 0 Å². The van der Waals surface area contributed by atoms with Gasteiger partial charge < -0.3 is 0 Å². The highest BCUT2D eigenvalue weighted by Crippen LogP contribution is 2.06. The minimum absolute atomic E-state index is 0.119. The van der Waals surface area contributed by atoms with Crippen molar-refractivity contribution < 1.29 is 9.59 Å². The maximum atomic E-state index is 10.9. The van der Waals surface area contributed by atoms with Crippen molar-refractivity contribution in [1.82, 2.24) is 0 Å². The van der Waals surface area contributed by atoms with Crippen LogP contribution in [-0.2, 0) is 0 Å². The topological polar surface area (TPSA) is 81.7 Å². The molecule has 4 heteroatoms. The smallest absolute Gasteiger partial charge is 0.262 e. The molecule has 0 N–H and O–H groups in total. The molecule has 0 saturated heterocycles. The first-order valence-electron chi connectivity index (χ1n) is 3.68. The molecule has 14 heavy (non-hydrogen) atoms. The summed E-state index contributed by atoms with van der Waals surface area (Å²) in [6.45, 7) is 0. The highest BCUT2D eigenvalue weighted by molar-refractivity contribution is 6.11. The number of benzene rings is 1. The molecule has 0 radical (unpaired) electrons. The molecule has 0 unspecified atom stereocenters. The van der Waals surface area contributed by atoms with Crippen LogP contribution in [0.1, 0.15) is 20.7 Å². The Hall–Kier alpha value is -2.46. The summed E-state index contributed by atoms with van der Waals surface area (Å²) in [4.78, 5) is 21.8. The number of carbonyl (C=O) groups excluding carboxylic acids is 2. The normalized spacial score (nSPS) is 8.43. The fourth-order valence-electron chi connectivity index (χ4n) is 0.931. The van der Waals surface area contributed by atoms with Crippen molar-refractivity contribution in [3.8, 4) is 12.1 Å². The summed E-state index contributed by atoms with van der Waals surface area (Å²) >= 11 is 0. The monoisotopic (exact) mass is 184 g/mol. The van der Waals surface area contributed by atoms with Crippen LogP contribution in [0.3, 0.4) is 0 Å². The van der Waals surface area contributed by atoms with E-state index >= 15 is 0 Å². The lowest BCUT2D eigenvalue weighted by atomic mass is 10.1. The number of carbonyl (C=O) groups is 2. The summed E-state index contributed by atoms with van der Waals surface area (Å²) in [5.41, 5.74) is 0.238. The second kappa shape index (κ2) is 3.97. The van der Waals surface area contributed by atoms with Gasteiger partial charge in [-0.1, -0.05) is 18.2 Å². The molecule has 0 aliphatic heterocycles. The van der Waals surface area contributed by atoms with Crippen LogP contribution in [0.25, 0.3) is 0 Å². The van der Waals surface area contributed by atoms with E-state index < -0.39 is 11.6 Å². The highest BCUT2D eigenvalue weighted by atomic mass is 16.1. The third-order valence-electron chi connectivity index (χ3n) is 1.59. The van der Waals surface area contributed by atoms with E-state index in [1.165, 1.54) is 36.4 Å². The van der Waals surface area contributed by atoms with Crippen LogP contribution in [0.4, 0.5) is 0 Å². The summed E-state index contributed by atoms with van der Waals surface area (Å²) in [7, 11) is 0. The summed E-state index contributed by atoms with van der Waals surface area (Å²) in [5.74, 6) is -1.45. The van der Waals surface area contributed by atoms with Crippen molar-refractivity contribution >= 4 is 11.6 Å². The van der Waals surface area contributed by atoms with E-state index in [0.29, 0.717) is 0 Å². The van der Waals surface area contributed by atoms with Gasteiger partial charge in [-0.2, -0.15) is 10.5 Å². The number of Topliss-reactive ketones (excluding diaryl/α,β-unsaturated/α-hetero) is 2. The molecule has 4 nitrogen and oxygen atoms in total. The molecule has 0 saturated carbocycles. The van der Waals surface area contributed by atoms with Crippen molar-refractivity contribution in [1.29, 1.82) is 10.5 Å². The van der Waals surface area contributed by atoms with Crippen LogP contribution in [0.5, 0.6) is 0 Å². The lowest BCUT2D eigenvalue weighted by Crippen LogP contribution is -1.99. The molecule has 66 valence electrons. The average molecular weight is 184 g/mol. The Morgan fingerprint density at radius 1 is 1.00 bits per heavy atom. The van der Waals surface area contributed by atoms with Crippen LogP contribution < -0.4 is 0 Å². The molecule has 1 rings (SSSR count). The Morgan fingerprint density at radius 2 is 1.43 bits per heavy atom. The molecule has 0 atom stereocenters. The summed E-state index contributed by atoms with van der Waals surface area (Å²) in [6, 6.07) is 8.38. The Morgan fingerprint density at radius 3 is 1.79 bits per heavy atom. The van der Waals surface area contributed by atoms with Crippen molar-refractivity contribution in [3.05, 3.63) is 35.4 Å². The van der Waals surface area contributed by atoms with Crippen molar-refractivity contribution in [2.45, 2.75) is 0 Å². The lowest BCUT2D eigenvalue weighted by molar-refractivity contribution is 0.105. The first kappa shape index (κ1) is 9.63. The van der Waals surface area contributed by atoms with E-state index in [1.807, 2.05) is 0 Å². The van der Waals surface area contributed by atoms with E-state index in [-0.39, 0.29) is 11.1 Å².